The molecule has 1 atom stereocenters. The zero-order valence-corrected chi connectivity index (χ0v) is 4.65. The highest BCUT2D eigenvalue weighted by atomic mass is 16.3. The topological polar surface area (TPSA) is 70.0 Å². The van der Waals surface area contributed by atoms with Crippen molar-refractivity contribution in [1.82, 2.24) is 5.01 Å². The Labute approximate surface area is 51.2 Å². The number of nitrogens with zero attached hydrogens (tertiary/aromatic N) is 2. The predicted octanol–water partition coefficient (Wildman–Crippen LogP) is -0.739. The summed E-state index contributed by atoms with van der Waals surface area (Å²) in [5.41, 5.74) is 0. The molecule has 1 N–H and O–H groups in total. The van der Waals surface area contributed by atoms with E-state index in [0.717, 1.165) is 5.01 Å². The number of hydrogen-bond acceptors (Lipinski definition) is 4. The fraction of sp³-hybridized carbons (Fsp3) is 0.750. The van der Waals surface area contributed by atoms with E-state index >= 15 is 0 Å². The van der Waals surface area contributed by atoms with Gasteiger partial charge in [0.1, 0.15) is 0 Å². The summed E-state index contributed by atoms with van der Waals surface area (Å²) < 4.78 is 0. The van der Waals surface area contributed by atoms with Crippen LogP contribution in [0.1, 0.15) is 6.42 Å². The molecule has 0 radical (unpaired) electrons. The van der Waals surface area contributed by atoms with Gasteiger partial charge in [-0.2, -0.15) is 5.01 Å². The van der Waals surface area contributed by atoms with Crippen molar-refractivity contribution >= 4 is 5.91 Å². The van der Waals surface area contributed by atoms with Crippen molar-refractivity contribution in [2.45, 2.75) is 12.5 Å². The molecular formula is C4H6N2O3. The summed E-state index contributed by atoms with van der Waals surface area (Å²) in [6.07, 6.45) is -0.693. The fourth-order valence-electron chi connectivity index (χ4n) is 0.752. The van der Waals surface area contributed by atoms with Gasteiger partial charge >= 0.3 is 0 Å². The molecule has 1 rings (SSSR count). The number of carbonyl (C=O) groups is 1. The van der Waals surface area contributed by atoms with Crippen LogP contribution in [0.25, 0.3) is 0 Å². The molecule has 5 heteroatoms. The number of nitroso groups, excluding NO2 is 1. The van der Waals surface area contributed by atoms with Gasteiger partial charge in [0.25, 0.3) is 0 Å². The van der Waals surface area contributed by atoms with E-state index in [1.165, 1.54) is 0 Å². The number of aliphatic hydroxyl groups is 1. The molecule has 1 saturated heterocycles. The maximum Gasteiger partial charge on any atom is 0.248 e. The van der Waals surface area contributed by atoms with Crippen LogP contribution in [0.4, 0.5) is 0 Å². The molecule has 1 fully saturated rings. The molecule has 0 spiro atoms. The van der Waals surface area contributed by atoms with Crippen LogP contribution in [-0.4, -0.2) is 28.7 Å². The maximum absolute atomic E-state index is 10.5. The van der Waals surface area contributed by atoms with Crippen LogP contribution in [0.2, 0.25) is 0 Å². The number of β-amino-alcohol motifs (C(OH)–C–C–N with tert-alkyl or cyclic N) is 1. The Morgan fingerprint density at radius 1 is 1.78 bits per heavy atom. The Bertz CT molecular complexity index is 147. The molecule has 1 amide bonds. The third-order valence-electron chi connectivity index (χ3n) is 1.18. The Morgan fingerprint density at radius 2 is 2.44 bits per heavy atom. The first kappa shape index (κ1) is 6.15. The molecule has 1 heterocycles. The van der Waals surface area contributed by atoms with Gasteiger partial charge in [-0.15, -0.1) is 4.91 Å². The van der Waals surface area contributed by atoms with Crippen molar-refractivity contribution in [3.05, 3.63) is 4.91 Å². The van der Waals surface area contributed by atoms with Crippen molar-refractivity contribution in [2.24, 2.45) is 5.29 Å². The summed E-state index contributed by atoms with van der Waals surface area (Å²) in [6, 6.07) is 0. The Morgan fingerprint density at radius 3 is 2.67 bits per heavy atom. The lowest BCUT2D eigenvalue weighted by Gasteiger charge is -1.99. The zero-order chi connectivity index (χ0) is 6.85. The van der Waals surface area contributed by atoms with E-state index in [2.05, 4.69) is 5.29 Å². The highest BCUT2D eigenvalue weighted by Crippen LogP contribution is 2.09. The average molecular weight is 130 g/mol. The molecule has 0 bridgehead atoms. The highest BCUT2D eigenvalue weighted by molar-refractivity contribution is 5.78. The Balaban J connectivity index is 2.57. The lowest BCUT2D eigenvalue weighted by molar-refractivity contribution is -0.127. The average Bonchev–Trinajstić information content (AvgIpc) is 2.10. The van der Waals surface area contributed by atoms with Gasteiger partial charge in [-0.25, -0.2) is 0 Å². The van der Waals surface area contributed by atoms with Crippen LogP contribution < -0.4 is 0 Å². The summed E-state index contributed by atoms with van der Waals surface area (Å²) in [6.45, 7) is 0.0440. The SMILES string of the molecule is O=NN1CC(O)CC1=O. The number of amides is 1. The minimum absolute atomic E-state index is 0.0196. The third kappa shape index (κ3) is 1.05. The lowest BCUT2D eigenvalue weighted by atomic mass is 10.3. The summed E-state index contributed by atoms with van der Waals surface area (Å²) in [4.78, 5) is 20.2. The van der Waals surface area contributed by atoms with Gasteiger partial charge < -0.3 is 5.11 Å². The molecule has 9 heavy (non-hydrogen) atoms. The van der Waals surface area contributed by atoms with Crippen LogP contribution in [-0.2, 0) is 4.79 Å². The molecule has 0 aromatic rings. The van der Waals surface area contributed by atoms with Gasteiger partial charge in [-0.3, -0.25) is 4.79 Å². The molecule has 1 unspecified atom stereocenters. The first-order valence-electron chi connectivity index (χ1n) is 2.55. The summed E-state index contributed by atoms with van der Waals surface area (Å²) in [5.74, 6) is -0.405. The number of rotatable bonds is 1. The summed E-state index contributed by atoms with van der Waals surface area (Å²) in [5, 5.41) is 11.9. The lowest BCUT2D eigenvalue weighted by Crippen LogP contribution is -2.18. The van der Waals surface area contributed by atoms with Gasteiger partial charge in [0, 0.05) is 0 Å². The van der Waals surface area contributed by atoms with E-state index in [1.807, 2.05) is 0 Å². The summed E-state index contributed by atoms with van der Waals surface area (Å²) >= 11 is 0. The molecule has 1 aliphatic rings. The van der Waals surface area contributed by atoms with Gasteiger partial charge in [0.15, 0.2) is 0 Å². The second-order valence-electron chi connectivity index (χ2n) is 1.92. The monoisotopic (exact) mass is 130 g/mol. The van der Waals surface area contributed by atoms with Gasteiger partial charge in [0.2, 0.25) is 5.91 Å². The number of aliphatic hydroxyl groups excluding tert-OH is 1. The Hall–Kier alpha value is -0.970. The van der Waals surface area contributed by atoms with Crippen molar-refractivity contribution < 1.29 is 9.90 Å². The smallest absolute Gasteiger partial charge is 0.248 e. The first-order chi connectivity index (χ1) is 4.24. The van der Waals surface area contributed by atoms with Gasteiger partial charge in [-0.05, 0) is 0 Å². The molecule has 1 aliphatic heterocycles. The molecule has 0 saturated carbocycles. The van der Waals surface area contributed by atoms with Crippen molar-refractivity contribution in [3.8, 4) is 0 Å². The fourth-order valence-corrected chi connectivity index (χ4v) is 0.752. The highest BCUT2D eigenvalue weighted by Gasteiger charge is 2.28. The Kier molecular flexibility index (Phi) is 1.44. The van der Waals surface area contributed by atoms with Crippen LogP contribution >= 0.6 is 0 Å². The minimum atomic E-state index is -0.713. The third-order valence-corrected chi connectivity index (χ3v) is 1.18. The van der Waals surface area contributed by atoms with Crippen LogP contribution in [0.3, 0.4) is 0 Å². The summed E-state index contributed by atoms with van der Waals surface area (Å²) in [7, 11) is 0. The van der Waals surface area contributed by atoms with E-state index in [9.17, 15) is 9.70 Å². The standard InChI is InChI=1S/C4H6N2O3/c7-3-1-4(8)6(2-3)5-9/h3,7H,1-2H2. The zero-order valence-electron chi connectivity index (χ0n) is 4.65. The van der Waals surface area contributed by atoms with E-state index in [1.54, 1.807) is 0 Å². The maximum atomic E-state index is 10.5. The van der Waals surface area contributed by atoms with Crippen molar-refractivity contribution in [2.75, 3.05) is 6.54 Å². The quantitative estimate of drug-likeness (QED) is 0.475. The van der Waals surface area contributed by atoms with Gasteiger partial charge in [-0.1, -0.05) is 0 Å². The minimum Gasteiger partial charge on any atom is -0.391 e. The number of carbonyl (C=O) groups excluding carboxylic acids is 1. The molecular weight excluding hydrogens is 124 g/mol. The largest absolute Gasteiger partial charge is 0.391 e. The molecule has 0 aromatic heterocycles. The van der Waals surface area contributed by atoms with E-state index < -0.39 is 12.0 Å². The second kappa shape index (κ2) is 2.10. The van der Waals surface area contributed by atoms with Crippen molar-refractivity contribution in [3.63, 3.8) is 0 Å². The second-order valence-corrected chi connectivity index (χ2v) is 1.92. The van der Waals surface area contributed by atoms with Crippen LogP contribution in [0, 0.1) is 4.91 Å². The van der Waals surface area contributed by atoms with E-state index in [0.29, 0.717) is 0 Å². The van der Waals surface area contributed by atoms with E-state index in [4.69, 9.17) is 5.11 Å². The van der Waals surface area contributed by atoms with E-state index in [-0.39, 0.29) is 13.0 Å². The van der Waals surface area contributed by atoms with Crippen LogP contribution in [0.15, 0.2) is 5.29 Å². The van der Waals surface area contributed by atoms with Gasteiger partial charge in [0.05, 0.1) is 24.4 Å². The molecule has 50 valence electrons. The van der Waals surface area contributed by atoms with Crippen LogP contribution in [0.5, 0.6) is 0 Å². The predicted molar refractivity (Wildman–Crippen MR) is 28.1 cm³/mol. The normalized spacial score (nSPS) is 27.0. The van der Waals surface area contributed by atoms with Crippen molar-refractivity contribution in [1.29, 1.82) is 0 Å². The first-order valence-corrected chi connectivity index (χ1v) is 2.55. The molecule has 0 aromatic carbocycles. The molecule has 0 aliphatic carbocycles. The molecule has 5 nitrogen and oxygen atoms in total. The number of hydrogen-bond donors (Lipinski definition) is 1.